The number of aromatic nitrogens is 3. The molecule has 0 saturated carbocycles. The topological polar surface area (TPSA) is 59.3 Å². The van der Waals surface area contributed by atoms with Crippen molar-refractivity contribution in [2.75, 3.05) is 0 Å². The fourth-order valence-electron chi connectivity index (χ4n) is 2.28. The van der Waals surface area contributed by atoms with E-state index >= 15 is 0 Å². The third kappa shape index (κ3) is 3.51. The van der Waals surface area contributed by atoms with E-state index in [-0.39, 0.29) is 11.9 Å². The number of rotatable bonds is 5. The van der Waals surface area contributed by atoms with Gasteiger partial charge in [0.1, 0.15) is 5.69 Å². The normalized spacial score (nSPS) is 12.6. The van der Waals surface area contributed by atoms with Crippen LogP contribution in [0.2, 0.25) is 0 Å². The highest BCUT2D eigenvalue weighted by Crippen LogP contribution is 2.13. The average molecular weight is 320 g/mol. The maximum atomic E-state index is 12.2. The van der Waals surface area contributed by atoms with E-state index in [0.717, 1.165) is 17.5 Å². The van der Waals surface area contributed by atoms with Gasteiger partial charge in [0.25, 0.3) is 5.91 Å². The van der Waals surface area contributed by atoms with Crippen molar-refractivity contribution in [2.24, 2.45) is 0 Å². The molecular weight excluding hydrogens is 300 g/mol. The monoisotopic (exact) mass is 320 g/mol. The minimum atomic E-state index is -0.161. The Morgan fingerprint density at radius 2 is 2.04 bits per heavy atom. The number of nitrogens with zero attached hydrogens (tertiary/aromatic N) is 3. The van der Waals surface area contributed by atoms with E-state index in [1.54, 1.807) is 23.0 Å². The van der Waals surface area contributed by atoms with Gasteiger partial charge in [0.15, 0.2) is 5.65 Å². The maximum Gasteiger partial charge on any atom is 0.270 e. The van der Waals surface area contributed by atoms with E-state index in [2.05, 4.69) is 15.4 Å². The molecule has 0 aliphatic carbocycles. The minimum absolute atomic E-state index is 0.123. The summed E-state index contributed by atoms with van der Waals surface area (Å²) in [6.07, 6.45) is 8.35. The first-order valence-electron chi connectivity index (χ1n) is 8.05. The van der Waals surface area contributed by atoms with Gasteiger partial charge in [0, 0.05) is 17.8 Å². The summed E-state index contributed by atoms with van der Waals surface area (Å²) in [7, 11) is 0. The number of carbonyl (C=O) groups is 1. The second kappa shape index (κ2) is 7.08. The van der Waals surface area contributed by atoms with Crippen LogP contribution in [0.1, 0.15) is 41.9 Å². The van der Waals surface area contributed by atoms with Gasteiger partial charge in [0.2, 0.25) is 0 Å². The summed E-state index contributed by atoms with van der Waals surface area (Å²) < 4.78 is 1.67. The van der Waals surface area contributed by atoms with Gasteiger partial charge in [-0.1, -0.05) is 43.3 Å². The molecule has 1 N–H and O–H groups in total. The molecule has 5 nitrogen and oxygen atoms in total. The number of fused-ring (bicyclic) bond motifs is 1. The Kier molecular flexibility index (Phi) is 4.70. The zero-order valence-corrected chi connectivity index (χ0v) is 13.8. The largest absolute Gasteiger partial charge is 0.348 e. The fraction of sp³-hybridized carbons (Fsp3) is 0.211. The molecule has 24 heavy (non-hydrogen) atoms. The highest BCUT2D eigenvalue weighted by atomic mass is 16.1. The van der Waals surface area contributed by atoms with Crippen LogP contribution in [0.25, 0.3) is 17.8 Å². The summed E-state index contributed by atoms with van der Waals surface area (Å²) in [5.41, 5.74) is 3.04. The highest BCUT2D eigenvalue weighted by Gasteiger charge is 2.12. The van der Waals surface area contributed by atoms with Crippen LogP contribution in [-0.2, 0) is 0 Å². The molecule has 0 bridgehead atoms. The molecular formula is C19H20N4O. The summed E-state index contributed by atoms with van der Waals surface area (Å²) in [5, 5.41) is 7.21. The first-order valence-corrected chi connectivity index (χ1v) is 8.05. The summed E-state index contributed by atoms with van der Waals surface area (Å²) in [5.74, 6) is -0.161. The minimum Gasteiger partial charge on any atom is -0.348 e. The van der Waals surface area contributed by atoms with Crippen molar-refractivity contribution >= 4 is 23.7 Å². The van der Waals surface area contributed by atoms with Gasteiger partial charge in [-0.05, 0) is 31.1 Å². The van der Waals surface area contributed by atoms with Crippen molar-refractivity contribution in [1.82, 2.24) is 19.9 Å². The molecule has 1 amide bonds. The summed E-state index contributed by atoms with van der Waals surface area (Å²) >= 11 is 0. The first kappa shape index (κ1) is 15.9. The van der Waals surface area contributed by atoms with Gasteiger partial charge in [-0.2, -0.15) is 5.10 Å². The van der Waals surface area contributed by atoms with Gasteiger partial charge >= 0.3 is 0 Å². The smallest absolute Gasteiger partial charge is 0.270 e. The molecule has 2 aromatic heterocycles. The Morgan fingerprint density at radius 3 is 2.79 bits per heavy atom. The van der Waals surface area contributed by atoms with Crippen molar-refractivity contribution in [3.8, 4) is 0 Å². The van der Waals surface area contributed by atoms with Gasteiger partial charge < -0.3 is 5.32 Å². The van der Waals surface area contributed by atoms with Crippen LogP contribution in [0.4, 0.5) is 0 Å². The Morgan fingerprint density at radius 1 is 1.25 bits per heavy atom. The lowest BCUT2D eigenvalue weighted by Gasteiger charge is -2.10. The lowest BCUT2D eigenvalue weighted by molar-refractivity contribution is 0.0934. The Hall–Kier alpha value is -2.95. The fourth-order valence-corrected chi connectivity index (χ4v) is 2.28. The predicted octanol–water partition coefficient (Wildman–Crippen LogP) is 3.43. The Balaban J connectivity index is 1.89. The third-order valence-electron chi connectivity index (χ3n) is 3.87. The van der Waals surface area contributed by atoms with Crippen LogP contribution in [0.5, 0.6) is 0 Å². The van der Waals surface area contributed by atoms with E-state index in [4.69, 9.17) is 0 Å². The average Bonchev–Trinajstić information content (AvgIpc) is 3.03. The zero-order chi connectivity index (χ0) is 16.9. The molecule has 2 heterocycles. The van der Waals surface area contributed by atoms with Crippen molar-refractivity contribution in [3.05, 3.63) is 65.6 Å². The second-order valence-corrected chi connectivity index (χ2v) is 5.71. The first-order chi connectivity index (χ1) is 11.7. The second-order valence-electron chi connectivity index (χ2n) is 5.71. The SMILES string of the molecule is CCC(C)NC(=O)c1ccn2ncc(C=Cc3ccccc3)c2n1. The third-order valence-corrected chi connectivity index (χ3v) is 3.87. The molecule has 3 rings (SSSR count). The van der Waals surface area contributed by atoms with Crippen molar-refractivity contribution in [3.63, 3.8) is 0 Å². The lowest BCUT2D eigenvalue weighted by Crippen LogP contribution is -2.32. The maximum absolute atomic E-state index is 12.2. The molecule has 0 aliphatic rings. The van der Waals surface area contributed by atoms with E-state index in [1.165, 1.54) is 0 Å². The molecule has 122 valence electrons. The van der Waals surface area contributed by atoms with E-state index in [1.807, 2.05) is 56.3 Å². The number of hydrogen-bond donors (Lipinski definition) is 1. The molecule has 0 radical (unpaired) electrons. The van der Waals surface area contributed by atoms with Crippen LogP contribution >= 0.6 is 0 Å². The molecule has 0 saturated heterocycles. The van der Waals surface area contributed by atoms with Gasteiger partial charge in [0.05, 0.1) is 6.20 Å². The molecule has 1 aromatic carbocycles. The standard InChI is InChI=1S/C19H20N4O/c1-3-14(2)21-19(24)17-11-12-23-18(22-17)16(13-20-23)10-9-15-7-5-4-6-8-15/h4-14H,3H2,1-2H3,(H,21,24). The predicted molar refractivity (Wildman–Crippen MR) is 95.6 cm³/mol. The highest BCUT2D eigenvalue weighted by molar-refractivity contribution is 5.93. The van der Waals surface area contributed by atoms with Crippen molar-refractivity contribution < 1.29 is 4.79 Å². The summed E-state index contributed by atoms with van der Waals surface area (Å²) in [6.45, 7) is 4.01. The molecule has 1 unspecified atom stereocenters. The molecule has 0 fully saturated rings. The molecule has 3 aromatic rings. The Labute approximate surface area is 141 Å². The van der Waals surface area contributed by atoms with Crippen LogP contribution in [0.15, 0.2) is 48.8 Å². The van der Waals surface area contributed by atoms with Crippen LogP contribution in [-0.4, -0.2) is 26.5 Å². The van der Waals surface area contributed by atoms with E-state index in [9.17, 15) is 4.79 Å². The van der Waals surface area contributed by atoms with Crippen LogP contribution < -0.4 is 5.32 Å². The number of benzene rings is 1. The molecule has 0 aliphatic heterocycles. The van der Waals surface area contributed by atoms with Crippen LogP contribution in [0.3, 0.4) is 0 Å². The van der Waals surface area contributed by atoms with Gasteiger partial charge in [-0.15, -0.1) is 0 Å². The Bertz CT molecular complexity index is 867. The van der Waals surface area contributed by atoms with Crippen molar-refractivity contribution in [1.29, 1.82) is 0 Å². The number of carbonyl (C=O) groups excluding carboxylic acids is 1. The summed E-state index contributed by atoms with van der Waals surface area (Å²) in [4.78, 5) is 16.7. The zero-order valence-electron chi connectivity index (χ0n) is 13.8. The van der Waals surface area contributed by atoms with E-state index in [0.29, 0.717) is 11.3 Å². The van der Waals surface area contributed by atoms with Crippen molar-refractivity contribution in [2.45, 2.75) is 26.3 Å². The molecule has 1 atom stereocenters. The quantitative estimate of drug-likeness (QED) is 0.783. The van der Waals surface area contributed by atoms with E-state index < -0.39 is 0 Å². The molecule has 5 heteroatoms. The number of amides is 1. The van der Waals surface area contributed by atoms with Gasteiger partial charge in [-0.25, -0.2) is 9.50 Å². The lowest BCUT2D eigenvalue weighted by atomic mass is 10.2. The molecule has 0 spiro atoms. The van der Waals surface area contributed by atoms with Gasteiger partial charge in [-0.3, -0.25) is 4.79 Å². The van der Waals surface area contributed by atoms with Crippen LogP contribution in [0, 0.1) is 0 Å². The number of nitrogens with one attached hydrogen (secondary N) is 1. The summed E-state index contributed by atoms with van der Waals surface area (Å²) in [6, 6.07) is 11.8. The number of hydrogen-bond acceptors (Lipinski definition) is 3.